The van der Waals surface area contributed by atoms with E-state index >= 15 is 0 Å². The molecular weight excluding hydrogens is 378 g/mol. The third kappa shape index (κ3) is 4.84. The van der Waals surface area contributed by atoms with Crippen molar-refractivity contribution >= 4 is 6.09 Å². The van der Waals surface area contributed by atoms with Crippen LogP contribution in [-0.2, 0) is 18.3 Å². The van der Waals surface area contributed by atoms with Gasteiger partial charge in [0.1, 0.15) is 0 Å². The number of ether oxygens (including phenoxy) is 1. The van der Waals surface area contributed by atoms with Crippen LogP contribution in [0.15, 0.2) is 36.5 Å². The van der Waals surface area contributed by atoms with E-state index in [1.54, 1.807) is 0 Å². The number of carbonyl (C=O) groups excluding carboxylic acids is 1. The first kappa shape index (κ1) is 20.9. The van der Waals surface area contributed by atoms with Crippen molar-refractivity contribution in [3.05, 3.63) is 42.1 Å². The second-order valence-electron chi connectivity index (χ2n) is 8.30. The van der Waals surface area contributed by atoms with Crippen LogP contribution in [0.25, 0.3) is 11.3 Å². The van der Waals surface area contributed by atoms with Crippen LogP contribution in [0.2, 0.25) is 0 Å². The fourth-order valence-corrected chi connectivity index (χ4v) is 4.69. The molecule has 7 heteroatoms. The fourth-order valence-electron chi connectivity index (χ4n) is 4.69. The van der Waals surface area contributed by atoms with E-state index in [4.69, 9.17) is 9.84 Å². The van der Waals surface area contributed by atoms with E-state index in [2.05, 4.69) is 40.3 Å². The maximum atomic E-state index is 12.0. The Bertz CT molecular complexity index is 829. The molecule has 1 amide bonds. The van der Waals surface area contributed by atoms with Gasteiger partial charge in [0.15, 0.2) is 0 Å². The number of rotatable bonds is 5. The summed E-state index contributed by atoms with van der Waals surface area (Å²) >= 11 is 0. The quantitative estimate of drug-likeness (QED) is 0.757. The Balaban J connectivity index is 1.36. The molecule has 30 heavy (non-hydrogen) atoms. The Kier molecular flexibility index (Phi) is 6.69. The molecule has 4 rings (SSSR count). The predicted octanol–water partition coefficient (Wildman–Crippen LogP) is 2.83. The van der Waals surface area contributed by atoms with Gasteiger partial charge in [0, 0.05) is 69.7 Å². The molecule has 2 aliphatic rings. The van der Waals surface area contributed by atoms with E-state index in [1.807, 2.05) is 29.6 Å². The molecule has 0 saturated carbocycles. The summed E-state index contributed by atoms with van der Waals surface area (Å²) in [6.07, 6.45) is 4.43. The maximum absolute atomic E-state index is 12.0. The van der Waals surface area contributed by atoms with Crippen molar-refractivity contribution in [3.8, 4) is 11.3 Å². The number of carbonyl (C=O) groups is 1. The largest absolute Gasteiger partial charge is 0.450 e. The highest BCUT2D eigenvalue weighted by Crippen LogP contribution is 2.25. The standard InChI is InChI=1S/C23H33N5O2/c1-3-30-23(29)28-14-12-27(13-15-28)21-10-7-11-26(18-21)17-20-16-25(2)24-22(20)19-8-5-4-6-9-19/h4-6,8-9,16,21H,3,7,10-15,17-18H2,1-2H3/t21-/m0/s1. The second kappa shape index (κ2) is 9.62. The van der Waals surface area contributed by atoms with Gasteiger partial charge in [-0.2, -0.15) is 5.10 Å². The lowest BCUT2D eigenvalue weighted by molar-refractivity contribution is 0.0413. The highest BCUT2D eigenvalue weighted by atomic mass is 16.6. The SMILES string of the molecule is CCOC(=O)N1CCN([C@H]2CCCN(Cc3cn(C)nc3-c3ccccc3)C2)CC1. The van der Waals surface area contributed by atoms with Crippen LogP contribution in [0.3, 0.4) is 0 Å². The number of hydrogen-bond acceptors (Lipinski definition) is 5. The van der Waals surface area contributed by atoms with Crippen molar-refractivity contribution in [3.63, 3.8) is 0 Å². The highest BCUT2D eigenvalue weighted by molar-refractivity contribution is 5.67. The third-order valence-corrected chi connectivity index (χ3v) is 6.18. The van der Waals surface area contributed by atoms with E-state index < -0.39 is 0 Å². The maximum Gasteiger partial charge on any atom is 0.409 e. The van der Waals surface area contributed by atoms with Gasteiger partial charge in [0.25, 0.3) is 0 Å². The number of nitrogens with zero attached hydrogens (tertiary/aromatic N) is 5. The molecule has 7 nitrogen and oxygen atoms in total. The molecule has 162 valence electrons. The summed E-state index contributed by atoms with van der Waals surface area (Å²) in [5.41, 5.74) is 3.55. The van der Waals surface area contributed by atoms with E-state index in [0.717, 1.165) is 51.5 Å². The van der Waals surface area contributed by atoms with Gasteiger partial charge in [-0.3, -0.25) is 14.5 Å². The molecule has 0 aliphatic carbocycles. The summed E-state index contributed by atoms with van der Waals surface area (Å²) in [4.78, 5) is 18.9. The average Bonchev–Trinajstić information content (AvgIpc) is 3.15. The molecule has 0 bridgehead atoms. The van der Waals surface area contributed by atoms with Gasteiger partial charge in [-0.15, -0.1) is 0 Å². The topological polar surface area (TPSA) is 53.8 Å². The molecule has 1 atom stereocenters. The van der Waals surface area contributed by atoms with Gasteiger partial charge in [-0.1, -0.05) is 30.3 Å². The zero-order valence-corrected chi connectivity index (χ0v) is 18.2. The summed E-state index contributed by atoms with van der Waals surface area (Å²) in [5.74, 6) is 0. The predicted molar refractivity (Wildman–Crippen MR) is 117 cm³/mol. The minimum Gasteiger partial charge on any atom is -0.450 e. The van der Waals surface area contributed by atoms with Crippen molar-refractivity contribution in [1.29, 1.82) is 0 Å². The monoisotopic (exact) mass is 411 g/mol. The van der Waals surface area contributed by atoms with Crippen LogP contribution in [0.5, 0.6) is 0 Å². The fraction of sp³-hybridized carbons (Fsp3) is 0.565. The molecule has 0 unspecified atom stereocenters. The molecule has 0 N–H and O–H groups in total. The first-order valence-electron chi connectivity index (χ1n) is 11.1. The van der Waals surface area contributed by atoms with Crippen LogP contribution in [0.4, 0.5) is 4.79 Å². The highest BCUT2D eigenvalue weighted by Gasteiger charge is 2.30. The normalized spacial score (nSPS) is 21.0. The van der Waals surface area contributed by atoms with Crippen LogP contribution in [-0.4, -0.2) is 82.5 Å². The van der Waals surface area contributed by atoms with Gasteiger partial charge in [-0.25, -0.2) is 4.79 Å². The van der Waals surface area contributed by atoms with Crippen molar-refractivity contribution in [2.45, 2.75) is 32.4 Å². The molecule has 2 aromatic rings. The van der Waals surface area contributed by atoms with Crippen molar-refractivity contribution in [2.75, 3.05) is 45.9 Å². The minimum absolute atomic E-state index is 0.174. The molecule has 2 aliphatic heterocycles. The molecular formula is C23H33N5O2. The van der Waals surface area contributed by atoms with Crippen LogP contribution in [0, 0.1) is 0 Å². The van der Waals surface area contributed by atoms with Crippen molar-refractivity contribution in [2.24, 2.45) is 7.05 Å². The molecule has 0 spiro atoms. The third-order valence-electron chi connectivity index (χ3n) is 6.18. The number of amides is 1. The van der Waals surface area contributed by atoms with Crippen LogP contribution >= 0.6 is 0 Å². The van der Waals surface area contributed by atoms with Crippen LogP contribution < -0.4 is 0 Å². The number of piperazine rings is 1. The number of aromatic nitrogens is 2. The zero-order chi connectivity index (χ0) is 20.9. The minimum atomic E-state index is -0.174. The van der Waals surface area contributed by atoms with Crippen molar-refractivity contribution < 1.29 is 9.53 Å². The lowest BCUT2D eigenvalue weighted by Gasteiger charge is -2.43. The molecule has 3 heterocycles. The van der Waals surface area contributed by atoms with E-state index in [9.17, 15) is 4.79 Å². The Morgan fingerprint density at radius 1 is 1.13 bits per heavy atom. The number of likely N-dealkylation sites (tertiary alicyclic amines) is 1. The summed E-state index contributed by atoms with van der Waals surface area (Å²) < 4.78 is 7.07. The Hall–Kier alpha value is -2.38. The average molecular weight is 412 g/mol. The number of hydrogen-bond donors (Lipinski definition) is 0. The number of benzene rings is 1. The Labute approximate surface area is 179 Å². The molecule has 2 fully saturated rings. The smallest absolute Gasteiger partial charge is 0.409 e. The zero-order valence-electron chi connectivity index (χ0n) is 18.2. The van der Waals surface area contributed by atoms with E-state index in [0.29, 0.717) is 12.6 Å². The summed E-state index contributed by atoms with van der Waals surface area (Å²) in [5, 5.41) is 4.73. The van der Waals surface area contributed by atoms with Crippen LogP contribution in [0.1, 0.15) is 25.3 Å². The van der Waals surface area contributed by atoms with Crippen molar-refractivity contribution in [1.82, 2.24) is 24.5 Å². The van der Waals surface area contributed by atoms with E-state index in [-0.39, 0.29) is 6.09 Å². The molecule has 1 aromatic carbocycles. The lowest BCUT2D eigenvalue weighted by atomic mass is 10.0. The number of piperidine rings is 1. The molecule has 2 saturated heterocycles. The van der Waals surface area contributed by atoms with Gasteiger partial charge in [0.2, 0.25) is 0 Å². The number of aryl methyl sites for hydroxylation is 1. The van der Waals surface area contributed by atoms with Gasteiger partial charge < -0.3 is 9.64 Å². The molecule has 0 radical (unpaired) electrons. The Morgan fingerprint density at radius 3 is 2.63 bits per heavy atom. The van der Waals surface area contributed by atoms with E-state index in [1.165, 1.54) is 24.0 Å². The van der Waals surface area contributed by atoms with Gasteiger partial charge >= 0.3 is 6.09 Å². The molecule has 1 aromatic heterocycles. The summed E-state index contributed by atoms with van der Waals surface area (Å²) in [7, 11) is 2.00. The summed E-state index contributed by atoms with van der Waals surface area (Å²) in [6, 6.07) is 11.0. The van der Waals surface area contributed by atoms with Gasteiger partial charge in [0.05, 0.1) is 12.3 Å². The first-order chi connectivity index (χ1) is 14.6. The van der Waals surface area contributed by atoms with Gasteiger partial charge in [-0.05, 0) is 26.3 Å². The first-order valence-corrected chi connectivity index (χ1v) is 11.1. The Morgan fingerprint density at radius 2 is 1.90 bits per heavy atom. The summed E-state index contributed by atoms with van der Waals surface area (Å²) in [6.45, 7) is 8.81. The second-order valence-corrected chi connectivity index (χ2v) is 8.30. The lowest BCUT2D eigenvalue weighted by Crippen LogP contribution is -2.55.